The van der Waals surface area contributed by atoms with Crippen LogP contribution in [-0.4, -0.2) is 75.8 Å². The van der Waals surface area contributed by atoms with Crippen molar-refractivity contribution in [2.24, 2.45) is 0 Å². The molecule has 2 aromatic heterocycles. The number of nitrogens with one attached hydrogen (secondary N) is 2. The SMILES string of the molecule is CS(=O)(=O)Nc1cccc(NC(=O)c2csc(N(CCCN3CCOCC3)C(=O)c3cccs3)n2)c1. The van der Waals surface area contributed by atoms with E-state index in [2.05, 4.69) is 19.9 Å². The van der Waals surface area contributed by atoms with Gasteiger partial charge in [-0.25, -0.2) is 13.4 Å². The van der Waals surface area contributed by atoms with Gasteiger partial charge in [-0.1, -0.05) is 12.1 Å². The fourth-order valence-corrected chi connectivity index (χ4v) is 5.71. The van der Waals surface area contributed by atoms with Crippen molar-refractivity contribution in [3.63, 3.8) is 0 Å². The molecule has 13 heteroatoms. The van der Waals surface area contributed by atoms with Crippen molar-refractivity contribution < 1.29 is 22.7 Å². The van der Waals surface area contributed by atoms with Crippen molar-refractivity contribution in [1.82, 2.24) is 9.88 Å². The number of ether oxygens (including phenoxy) is 1. The Labute approximate surface area is 218 Å². The Morgan fingerprint density at radius 3 is 2.64 bits per heavy atom. The molecular weight excluding hydrogens is 522 g/mol. The van der Waals surface area contributed by atoms with E-state index in [4.69, 9.17) is 4.74 Å². The van der Waals surface area contributed by atoms with Gasteiger partial charge in [-0.15, -0.1) is 22.7 Å². The van der Waals surface area contributed by atoms with Crippen LogP contribution in [0, 0.1) is 0 Å². The van der Waals surface area contributed by atoms with E-state index in [0.717, 1.165) is 45.5 Å². The van der Waals surface area contributed by atoms with Gasteiger partial charge in [-0.2, -0.15) is 0 Å². The lowest BCUT2D eigenvalue weighted by Gasteiger charge is -2.27. The highest BCUT2D eigenvalue weighted by Gasteiger charge is 2.23. The third-order valence-electron chi connectivity index (χ3n) is 5.32. The summed E-state index contributed by atoms with van der Waals surface area (Å²) in [6, 6.07) is 9.99. The van der Waals surface area contributed by atoms with Gasteiger partial charge < -0.3 is 10.1 Å². The first-order chi connectivity index (χ1) is 17.3. The van der Waals surface area contributed by atoms with E-state index in [1.807, 2.05) is 11.4 Å². The normalized spacial score (nSPS) is 14.4. The second-order valence-electron chi connectivity index (χ2n) is 8.17. The van der Waals surface area contributed by atoms with Crippen LogP contribution in [-0.2, 0) is 14.8 Å². The van der Waals surface area contributed by atoms with Gasteiger partial charge in [-0.05, 0) is 36.1 Å². The Hall–Kier alpha value is -2.84. The van der Waals surface area contributed by atoms with Gasteiger partial charge in [0.2, 0.25) is 10.0 Å². The summed E-state index contributed by atoms with van der Waals surface area (Å²) >= 11 is 2.60. The number of thiazole rings is 1. The molecule has 1 aliphatic heterocycles. The Bertz CT molecular complexity index is 1290. The Kier molecular flexibility index (Phi) is 8.69. The average Bonchev–Trinajstić information content (AvgIpc) is 3.54. The highest BCUT2D eigenvalue weighted by molar-refractivity contribution is 7.92. The van der Waals surface area contributed by atoms with Gasteiger partial charge in [0, 0.05) is 37.2 Å². The van der Waals surface area contributed by atoms with Crippen LogP contribution in [0.25, 0.3) is 0 Å². The minimum atomic E-state index is -3.44. The van der Waals surface area contributed by atoms with Crippen molar-refractivity contribution in [3.05, 3.63) is 57.7 Å². The summed E-state index contributed by atoms with van der Waals surface area (Å²) in [4.78, 5) is 35.1. The van der Waals surface area contributed by atoms with Crippen LogP contribution in [0.5, 0.6) is 0 Å². The topological polar surface area (TPSA) is 121 Å². The maximum atomic E-state index is 13.2. The summed E-state index contributed by atoms with van der Waals surface area (Å²) in [6.07, 6.45) is 1.82. The van der Waals surface area contributed by atoms with E-state index < -0.39 is 15.9 Å². The molecule has 0 saturated carbocycles. The largest absolute Gasteiger partial charge is 0.379 e. The molecule has 192 valence electrons. The molecule has 2 amide bonds. The van der Waals surface area contributed by atoms with Gasteiger partial charge in [0.05, 0.1) is 30.0 Å². The molecule has 0 bridgehead atoms. The molecule has 4 rings (SSSR count). The molecule has 1 fully saturated rings. The molecule has 0 spiro atoms. The number of thiophene rings is 1. The summed E-state index contributed by atoms with van der Waals surface area (Å²) in [6.45, 7) is 4.50. The standard InChI is InChI=1S/C23H27N5O5S3/c1-36(31,32)26-18-6-2-5-17(15-18)24-21(29)19-16-35-23(25-19)28(22(30)20-7-3-14-34-20)9-4-8-27-10-12-33-13-11-27/h2-3,5-7,14-16,26H,4,8-13H2,1H3,(H,24,29). The Morgan fingerprint density at radius 2 is 1.92 bits per heavy atom. The molecule has 1 aromatic carbocycles. The number of nitrogens with zero attached hydrogens (tertiary/aromatic N) is 3. The zero-order valence-corrected chi connectivity index (χ0v) is 22.1. The van der Waals surface area contributed by atoms with Crippen LogP contribution in [0.1, 0.15) is 26.6 Å². The molecule has 0 atom stereocenters. The fourth-order valence-electron chi connectivity index (χ4n) is 3.66. The summed E-state index contributed by atoms with van der Waals surface area (Å²) in [5.74, 6) is -0.598. The Morgan fingerprint density at radius 1 is 1.14 bits per heavy atom. The minimum Gasteiger partial charge on any atom is -0.379 e. The number of hydrogen-bond acceptors (Lipinski definition) is 9. The lowest BCUT2D eigenvalue weighted by Crippen LogP contribution is -2.39. The molecule has 1 aliphatic rings. The third kappa shape index (κ3) is 7.34. The van der Waals surface area contributed by atoms with E-state index in [1.54, 1.807) is 34.5 Å². The van der Waals surface area contributed by atoms with Gasteiger partial charge >= 0.3 is 0 Å². The van der Waals surface area contributed by atoms with Gasteiger partial charge in [-0.3, -0.25) is 24.1 Å². The number of hydrogen-bond donors (Lipinski definition) is 2. The lowest BCUT2D eigenvalue weighted by molar-refractivity contribution is 0.0376. The highest BCUT2D eigenvalue weighted by Crippen LogP contribution is 2.25. The predicted molar refractivity (Wildman–Crippen MR) is 143 cm³/mol. The number of carbonyl (C=O) groups excluding carboxylic acids is 2. The number of carbonyl (C=O) groups is 2. The van der Waals surface area contributed by atoms with Crippen molar-refractivity contribution in [1.29, 1.82) is 0 Å². The maximum Gasteiger partial charge on any atom is 0.275 e. The first-order valence-corrected chi connectivity index (χ1v) is 14.9. The van der Waals surface area contributed by atoms with Gasteiger partial charge in [0.15, 0.2) is 5.13 Å². The zero-order valence-electron chi connectivity index (χ0n) is 19.7. The van der Waals surface area contributed by atoms with Crippen molar-refractivity contribution >= 4 is 61.0 Å². The molecule has 2 N–H and O–H groups in total. The smallest absolute Gasteiger partial charge is 0.275 e. The average molecular weight is 550 g/mol. The number of morpholine rings is 1. The summed E-state index contributed by atoms with van der Waals surface area (Å²) in [5, 5.41) is 6.65. The van der Waals surface area contributed by atoms with E-state index >= 15 is 0 Å². The maximum absolute atomic E-state index is 13.2. The first-order valence-electron chi connectivity index (χ1n) is 11.3. The van der Waals surface area contributed by atoms with E-state index in [0.29, 0.717) is 27.9 Å². The van der Waals surface area contributed by atoms with E-state index in [-0.39, 0.29) is 11.6 Å². The van der Waals surface area contributed by atoms with Crippen LogP contribution in [0.15, 0.2) is 47.2 Å². The number of anilines is 3. The van der Waals surface area contributed by atoms with Crippen LogP contribution in [0.3, 0.4) is 0 Å². The Balaban J connectivity index is 1.45. The summed E-state index contributed by atoms with van der Waals surface area (Å²) in [7, 11) is -3.44. The number of benzene rings is 1. The highest BCUT2D eigenvalue weighted by atomic mass is 32.2. The first kappa shape index (κ1) is 26.2. The number of sulfonamides is 1. The van der Waals surface area contributed by atoms with Crippen molar-refractivity contribution in [2.75, 3.05) is 60.6 Å². The second-order valence-corrected chi connectivity index (χ2v) is 11.7. The quantitative estimate of drug-likeness (QED) is 0.398. The third-order valence-corrected chi connectivity index (χ3v) is 7.64. The molecular formula is C23H27N5O5S3. The number of aromatic nitrogens is 1. The molecule has 0 aliphatic carbocycles. The molecule has 10 nitrogen and oxygen atoms in total. The number of amides is 2. The van der Waals surface area contributed by atoms with Crippen molar-refractivity contribution in [2.45, 2.75) is 6.42 Å². The van der Waals surface area contributed by atoms with Gasteiger partial charge in [0.25, 0.3) is 11.8 Å². The minimum absolute atomic E-state index is 0.146. The molecule has 1 saturated heterocycles. The van der Waals surface area contributed by atoms with E-state index in [9.17, 15) is 18.0 Å². The molecule has 3 aromatic rings. The second kappa shape index (κ2) is 11.9. The van der Waals surface area contributed by atoms with E-state index in [1.165, 1.54) is 28.7 Å². The number of rotatable bonds is 10. The fraction of sp³-hybridized carbons (Fsp3) is 0.348. The molecule has 3 heterocycles. The molecule has 36 heavy (non-hydrogen) atoms. The lowest BCUT2D eigenvalue weighted by atomic mass is 10.3. The molecule has 0 radical (unpaired) electrons. The monoisotopic (exact) mass is 549 g/mol. The van der Waals surface area contributed by atoms with Crippen LogP contribution < -0.4 is 14.9 Å². The van der Waals surface area contributed by atoms with Gasteiger partial charge in [0.1, 0.15) is 5.69 Å². The molecule has 0 unspecified atom stereocenters. The van der Waals surface area contributed by atoms with Crippen LogP contribution in [0.4, 0.5) is 16.5 Å². The van der Waals surface area contributed by atoms with Crippen LogP contribution >= 0.6 is 22.7 Å². The summed E-state index contributed by atoms with van der Waals surface area (Å²) < 4.78 is 30.7. The summed E-state index contributed by atoms with van der Waals surface area (Å²) in [5.41, 5.74) is 0.927. The predicted octanol–water partition coefficient (Wildman–Crippen LogP) is 3.20. The van der Waals surface area contributed by atoms with Crippen LogP contribution in [0.2, 0.25) is 0 Å². The zero-order chi connectivity index (χ0) is 25.5. The van der Waals surface area contributed by atoms with Crippen molar-refractivity contribution in [3.8, 4) is 0 Å².